The summed E-state index contributed by atoms with van der Waals surface area (Å²) < 4.78 is 7.04. The molecule has 1 amide bonds. The van der Waals surface area contributed by atoms with Gasteiger partial charge >= 0.3 is 0 Å². The van der Waals surface area contributed by atoms with Crippen molar-refractivity contribution < 1.29 is 14.4 Å². The normalized spacial score (nSPS) is 17.3. The average Bonchev–Trinajstić information content (AvgIpc) is 3.36. The van der Waals surface area contributed by atoms with Gasteiger partial charge in [0.05, 0.1) is 18.5 Å². The number of oxime groups is 1. The van der Waals surface area contributed by atoms with Crippen LogP contribution in [0.5, 0.6) is 5.88 Å². The van der Waals surface area contributed by atoms with E-state index in [0.29, 0.717) is 24.4 Å². The zero-order valence-electron chi connectivity index (χ0n) is 17.8. The van der Waals surface area contributed by atoms with Crippen molar-refractivity contribution in [2.75, 3.05) is 19.5 Å². The lowest BCUT2D eigenvalue weighted by atomic mass is 10.1. The van der Waals surface area contributed by atoms with Crippen molar-refractivity contribution in [1.82, 2.24) is 24.9 Å². The molecule has 1 aliphatic carbocycles. The number of rotatable bonds is 6. The van der Waals surface area contributed by atoms with Crippen molar-refractivity contribution in [3.05, 3.63) is 35.8 Å². The maximum Gasteiger partial charge on any atom is 0.257 e. The highest BCUT2D eigenvalue weighted by atomic mass is 16.6. The van der Waals surface area contributed by atoms with Gasteiger partial charge in [-0.1, -0.05) is 5.16 Å². The van der Waals surface area contributed by atoms with Crippen LogP contribution in [0.25, 0.3) is 16.8 Å². The fourth-order valence-corrected chi connectivity index (χ4v) is 3.83. The number of hydrogen-bond donors (Lipinski definition) is 2. The van der Waals surface area contributed by atoms with Gasteiger partial charge in [-0.25, -0.2) is 14.5 Å². The van der Waals surface area contributed by atoms with Crippen LogP contribution in [-0.4, -0.2) is 51.0 Å². The molecule has 0 bridgehead atoms. The molecule has 1 aliphatic rings. The van der Waals surface area contributed by atoms with E-state index in [-0.39, 0.29) is 17.8 Å². The second kappa shape index (κ2) is 8.58. The quantitative estimate of drug-likeness (QED) is 0.582. The lowest BCUT2D eigenvalue weighted by molar-refractivity contribution is 0.0934. The standard InChI is InChI=1S/C21H25N7O3/c1-4-31-27-15-6-5-14(9-15)26-20(29)16-8-13(10-23-21(16)30-3)17-7-12(2)18-19(22)24-11-25-28(17)18/h7-8,10-11,14H,4-6,9H2,1-3H3,(H,26,29)(H2,22,24,25). The van der Waals surface area contributed by atoms with Gasteiger partial charge in [0.2, 0.25) is 5.88 Å². The number of aryl methyl sites for hydroxylation is 1. The number of anilines is 1. The number of nitrogens with two attached hydrogens (primary N) is 1. The molecule has 1 unspecified atom stereocenters. The van der Waals surface area contributed by atoms with E-state index in [1.807, 2.05) is 19.9 Å². The summed E-state index contributed by atoms with van der Waals surface area (Å²) in [4.78, 5) is 26.6. The van der Waals surface area contributed by atoms with Crippen LogP contribution in [-0.2, 0) is 4.84 Å². The first-order chi connectivity index (χ1) is 15.0. The van der Waals surface area contributed by atoms with Gasteiger partial charge in [0.1, 0.15) is 24.0 Å². The predicted molar refractivity (Wildman–Crippen MR) is 116 cm³/mol. The summed E-state index contributed by atoms with van der Waals surface area (Å²) in [5.41, 5.74) is 10.5. The molecule has 3 heterocycles. The molecule has 0 aromatic carbocycles. The Hall–Kier alpha value is -3.69. The summed E-state index contributed by atoms with van der Waals surface area (Å²) in [5.74, 6) is 0.402. The van der Waals surface area contributed by atoms with Crippen molar-refractivity contribution in [3.63, 3.8) is 0 Å². The molecule has 1 saturated carbocycles. The third-order valence-corrected chi connectivity index (χ3v) is 5.28. The highest BCUT2D eigenvalue weighted by molar-refractivity contribution is 5.98. The number of nitrogens with zero attached hydrogens (tertiary/aromatic N) is 5. The number of carbonyl (C=O) groups excluding carboxylic acids is 1. The molecule has 1 atom stereocenters. The number of methoxy groups -OCH3 is 1. The van der Waals surface area contributed by atoms with Gasteiger partial charge in [-0.3, -0.25) is 4.79 Å². The van der Waals surface area contributed by atoms with E-state index in [0.717, 1.165) is 40.9 Å². The summed E-state index contributed by atoms with van der Waals surface area (Å²) in [6, 6.07) is 3.69. The molecular weight excluding hydrogens is 398 g/mol. The number of ether oxygens (including phenoxy) is 1. The van der Waals surface area contributed by atoms with Crippen molar-refractivity contribution >= 4 is 23.0 Å². The molecule has 1 fully saturated rings. The van der Waals surface area contributed by atoms with Gasteiger partial charge in [-0.2, -0.15) is 5.10 Å². The molecule has 0 saturated heterocycles. The van der Waals surface area contributed by atoms with Gasteiger partial charge in [0.25, 0.3) is 5.91 Å². The van der Waals surface area contributed by atoms with E-state index in [1.54, 1.807) is 16.8 Å². The highest BCUT2D eigenvalue weighted by Gasteiger charge is 2.25. The molecule has 3 aromatic rings. The third-order valence-electron chi connectivity index (χ3n) is 5.28. The Morgan fingerprint density at radius 1 is 1.39 bits per heavy atom. The zero-order valence-corrected chi connectivity index (χ0v) is 17.8. The molecule has 4 rings (SSSR count). The first-order valence-corrected chi connectivity index (χ1v) is 10.1. The van der Waals surface area contributed by atoms with Crippen molar-refractivity contribution in [2.24, 2.45) is 5.16 Å². The summed E-state index contributed by atoms with van der Waals surface area (Å²) in [5, 5.41) is 11.5. The van der Waals surface area contributed by atoms with Crippen LogP contribution in [0, 0.1) is 6.92 Å². The highest BCUT2D eigenvalue weighted by Crippen LogP contribution is 2.29. The number of amides is 1. The van der Waals surface area contributed by atoms with E-state index < -0.39 is 0 Å². The third kappa shape index (κ3) is 4.00. The topological polar surface area (TPSA) is 129 Å². The SMILES string of the molecule is CCON=C1CCC(NC(=O)c2cc(-c3cc(C)c4c(N)ncnn34)cnc2OC)C1. The molecule has 31 heavy (non-hydrogen) atoms. The second-order valence-electron chi connectivity index (χ2n) is 7.39. The number of pyridine rings is 1. The summed E-state index contributed by atoms with van der Waals surface area (Å²) in [6.45, 7) is 4.35. The molecule has 0 radical (unpaired) electrons. The number of hydrogen-bond acceptors (Lipinski definition) is 8. The Kier molecular flexibility index (Phi) is 5.70. The van der Waals surface area contributed by atoms with Crippen LogP contribution in [0.1, 0.15) is 42.1 Å². The van der Waals surface area contributed by atoms with Crippen molar-refractivity contribution in [1.29, 1.82) is 0 Å². The maximum absolute atomic E-state index is 13.1. The lowest BCUT2D eigenvalue weighted by Crippen LogP contribution is -2.33. The molecule has 0 spiro atoms. The van der Waals surface area contributed by atoms with E-state index in [2.05, 4.69) is 25.5 Å². The Bertz CT molecular complexity index is 1160. The van der Waals surface area contributed by atoms with Gasteiger partial charge in [-0.05, 0) is 44.4 Å². The Labute approximate surface area is 179 Å². The van der Waals surface area contributed by atoms with Gasteiger partial charge in [0, 0.05) is 24.2 Å². The monoisotopic (exact) mass is 423 g/mol. The Morgan fingerprint density at radius 3 is 3.00 bits per heavy atom. The fourth-order valence-electron chi connectivity index (χ4n) is 3.83. The van der Waals surface area contributed by atoms with E-state index in [1.165, 1.54) is 13.4 Å². The second-order valence-corrected chi connectivity index (χ2v) is 7.39. The van der Waals surface area contributed by atoms with E-state index in [9.17, 15) is 4.79 Å². The summed E-state index contributed by atoms with van der Waals surface area (Å²) in [7, 11) is 1.49. The molecule has 0 aliphatic heterocycles. The molecule has 162 valence electrons. The number of nitrogen functional groups attached to an aromatic ring is 1. The van der Waals surface area contributed by atoms with Gasteiger partial charge in [-0.15, -0.1) is 0 Å². The van der Waals surface area contributed by atoms with Crippen LogP contribution in [0.2, 0.25) is 0 Å². The molecule has 3 aromatic heterocycles. The maximum atomic E-state index is 13.1. The molecule has 3 N–H and O–H groups in total. The number of carbonyl (C=O) groups is 1. The van der Waals surface area contributed by atoms with Crippen molar-refractivity contribution in [3.8, 4) is 17.1 Å². The first-order valence-electron chi connectivity index (χ1n) is 10.1. The number of fused-ring (bicyclic) bond motifs is 1. The number of aromatic nitrogens is 4. The minimum Gasteiger partial charge on any atom is -0.480 e. The summed E-state index contributed by atoms with van der Waals surface area (Å²) >= 11 is 0. The zero-order chi connectivity index (χ0) is 22.0. The largest absolute Gasteiger partial charge is 0.480 e. The van der Waals surface area contributed by atoms with Crippen molar-refractivity contribution in [2.45, 2.75) is 39.2 Å². The van der Waals surface area contributed by atoms with Gasteiger partial charge in [0.15, 0.2) is 5.82 Å². The van der Waals surface area contributed by atoms with Crippen LogP contribution >= 0.6 is 0 Å². The average molecular weight is 423 g/mol. The summed E-state index contributed by atoms with van der Waals surface area (Å²) in [6.07, 6.45) is 5.33. The van der Waals surface area contributed by atoms with E-state index >= 15 is 0 Å². The minimum atomic E-state index is -0.249. The lowest BCUT2D eigenvalue weighted by Gasteiger charge is -2.14. The van der Waals surface area contributed by atoms with E-state index in [4.69, 9.17) is 15.3 Å². The van der Waals surface area contributed by atoms with Crippen LogP contribution in [0.3, 0.4) is 0 Å². The first kappa shape index (κ1) is 20.6. The molecule has 10 heteroatoms. The van der Waals surface area contributed by atoms with Gasteiger partial charge < -0.3 is 20.6 Å². The van der Waals surface area contributed by atoms with Crippen LogP contribution < -0.4 is 15.8 Å². The number of nitrogens with one attached hydrogen (secondary N) is 1. The molecular formula is C21H25N7O3. The molecule has 10 nitrogen and oxygen atoms in total. The fraction of sp³-hybridized carbons (Fsp3) is 0.381. The van der Waals surface area contributed by atoms with Crippen LogP contribution in [0.4, 0.5) is 5.82 Å². The smallest absolute Gasteiger partial charge is 0.257 e. The van der Waals surface area contributed by atoms with Crippen LogP contribution in [0.15, 0.2) is 29.8 Å². The predicted octanol–water partition coefficient (Wildman–Crippen LogP) is 2.37. The Morgan fingerprint density at radius 2 is 2.23 bits per heavy atom. The minimum absolute atomic E-state index is 0.0102. The Balaban J connectivity index is 1.63.